The minimum Gasteiger partial charge on any atom is -0.358 e. The number of nitro groups is 1. The predicted octanol–water partition coefficient (Wildman–Crippen LogP) is 2.37. The number of hydrogen-bond acceptors (Lipinski definition) is 7. The van der Waals surface area contributed by atoms with E-state index in [9.17, 15) is 14.9 Å². The molecule has 7 nitrogen and oxygen atoms in total. The number of thioether (sulfide) groups is 1. The second-order valence-electron chi connectivity index (χ2n) is 2.88. The van der Waals surface area contributed by atoms with Crippen molar-refractivity contribution < 1.29 is 13.9 Å². The number of carbonyl (C=O) groups excluding carboxylic acids is 1. The first kappa shape index (κ1) is 14.0. The average molecular weight is 277 g/mol. The zero-order chi connectivity index (χ0) is 12.8. The number of rotatable bonds is 5. The summed E-state index contributed by atoms with van der Waals surface area (Å²) < 4.78 is 6.02. The second-order valence-corrected chi connectivity index (χ2v) is 4.86. The summed E-state index contributed by atoms with van der Waals surface area (Å²) in [5.74, 6) is 0.668. The van der Waals surface area contributed by atoms with E-state index in [0.717, 1.165) is 23.8 Å². The van der Waals surface area contributed by atoms with E-state index in [-0.39, 0.29) is 16.0 Å². The van der Waals surface area contributed by atoms with Crippen LogP contribution in [0.3, 0.4) is 0 Å². The molecule has 0 amide bonds. The van der Waals surface area contributed by atoms with Crippen molar-refractivity contribution in [2.45, 2.75) is 12.7 Å². The molecule has 0 bridgehead atoms. The summed E-state index contributed by atoms with van der Waals surface area (Å²) in [7, 11) is 1.54. The highest BCUT2D eigenvalue weighted by atomic mass is 32.2. The van der Waals surface area contributed by atoms with Crippen LogP contribution in [0.15, 0.2) is 6.20 Å². The van der Waals surface area contributed by atoms with E-state index < -0.39 is 4.92 Å². The Hall–Kier alpha value is -1.06. The number of hydrogen-bond donors (Lipinski definition) is 0. The van der Waals surface area contributed by atoms with Crippen LogP contribution in [-0.4, -0.2) is 25.5 Å². The Balaban J connectivity index is 2.52. The molecular formula is C8H11N3O4S2. The maximum atomic E-state index is 11.3. The van der Waals surface area contributed by atoms with Gasteiger partial charge in [-0.15, -0.1) is 0 Å². The van der Waals surface area contributed by atoms with E-state index >= 15 is 0 Å². The largest absolute Gasteiger partial charge is 0.358 e. The van der Waals surface area contributed by atoms with Crippen LogP contribution in [0.25, 0.3) is 0 Å². The predicted molar refractivity (Wildman–Crippen MR) is 65.8 cm³/mol. The minimum atomic E-state index is -0.516. The topological polar surface area (TPSA) is 87.3 Å². The zero-order valence-corrected chi connectivity index (χ0v) is 10.9. The molecule has 0 N–H and O–H groups in total. The van der Waals surface area contributed by atoms with Gasteiger partial charge in [-0.2, -0.15) is 0 Å². The molecule has 0 saturated carbocycles. The molecule has 0 spiro atoms. The highest BCUT2D eigenvalue weighted by Crippen LogP contribution is 2.22. The van der Waals surface area contributed by atoms with Crippen LogP contribution in [-0.2, 0) is 17.0 Å². The SMILES string of the molecule is CCOSC(=O)SCc1ncc([N+](=O)[O-])n1C. The fourth-order valence-corrected chi connectivity index (χ4v) is 2.24. The van der Waals surface area contributed by atoms with Crippen molar-refractivity contribution in [2.75, 3.05) is 6.61 Å². The maximum Gasteiger partial charge on any atom is 0.342 e. The van der Waals surface area contributed by atoms with Crippen LogP contribution < -0.4 is 0 Å². The molecule has 0 fully saturated rings. The Labute approximate surface area is 106 Å². The van der Waals surface area contributed by atoms with Crippen molar-refractivity contribution in [2.24, 2.45) is 7.05 Å². The second kappa shape index (κ2) is 6.62. The highest BCUT2D eigenvalue weighted by molar-refractivity contribution is 8.36. The van der Waals surface area contributed by atoms with E-state index in [1.54, 1.807) is 14.0 Å². The molecule has 1 heterocycles. The molecule has 0 aliphatic rings. The number of carbonyl (C=O) groups is 1. The lowest BCUT2D eigenvalue weighted by atomic mass is 10.7. The fraction of sp³-hybridized carbons (Fsp3) is 0.500. The molecule has 0 aromatic carbocycles. The lowest BCUT2D eigenvalue weighted by Crippen LogP contribution is -2.01. The fourth-order valence-electron chi connectivity index (χ4n) is 0.996. The zero-order valence-electron chi connectivity index (χ0n) is 9.28. The van der Waals surface area contributed by atoms with Crippen LogP contribution >= 0.6 is 23.8 Å². The summed E-state index contributed by atoms with van der Waals surface area (Å²) in [6, 6.07) is 0. The lowest BCUT2D eigenvalue weighted by Gasteiger charge is -1.98. The Kier molecular flexibility index (Phi) is 5.45. The first-order valence-electron chi connectivity index (χ1n) is 4.67. The molecule has 0 unspecified atom stereocenters. The monoisotopic (exact) mass is 277 g/mol. The van der Waals surface area contributed by atoms with Gasteiger partial charge in [-0.05, 0) is 11.8 Å². The van der Waals surface area contributed by atoms with E-state index in [2.05, 4.69) is 4.98 Å². The highest BCUT2D eigenvalue weighted by Gasteiger charge is 2.17. The Bertz CT molecular complexity index is 421. The molecular weight excluding hydrogens is 266 g/mol. The maximum absolute atomic E-state index is 11.3. The number of aromatic nitrogens is 2. The molecule has 0 atom stereocenters. The van der Waals surface area contributed by atoms with Crippen molar-refractivity contribution in [3.8, 4) is 0 Å². The van der Waals surface area contributed by atoms with Gasteiger partial charge in [0.1, 0.15) is 6.20 Å². The van der Waals surface area contributed by atoms with Gasteiger partial charge in [-0.25, -0.2) is 9.55 Å². The van der Waals surface area contributed by atoms with E-state index in [1.807, 2.05) is 0 Å². The van der Waals surface area contributed by atoms with E-state index in [1.165, 1.54) is 10.8 Å². The third-order valence-corrected chi connectivity index (χ3v) is 3.50. The number of imidazole rings is 1. The van der Waals surface area contributed by atoms with Crippen LogP contribution in [0.5, 0.6) is 0 Å². The summed E-state index contributed by atoms with van der Waals surface area (Å²) in [4.78, 5) is 25.2. The molecule has 0 aliphatic carbocycles. The van der Waals surface area contributed by atoms with Crippen molar-refractivity contribution >= 4 is 34.1 Å². The van der Waals surface area contributed by atoms with Crippen LogP contribution in [0, 0.1) is 10.1 Å². The van der Waals surface area contributed by atoms with Gasteiger partial charge < -0.3 is 14.3 Å². The Morgan fingerprint density at radius 2 is 2.41 bits per heavy atom. The van der Waals surface area contributed by atoms with Gasteiger partial charge >= 0.3 is 5.82 Å². The quantitative estimate of drug-likeness (QED) is 0.463. The molecule has 1 aromatic heterocycles. The van der Waals surface area contributed by atoms with E-state index in [0.29, 0.717) is 12.4 Å². The molecule has 94 valence electrons. The Morgan fingerprint density at radius 1 is 1.71 bits per heavy atom. The van der Waals surface area contributed by atoms with Crippen LogP contribution in [0.2, 0.25) is 0 Å². The van der Waals surface area contributed by atoms with Gasteiger partial charge in [0.25, 0.3) is 4.45 Å². The van der Waals surface area contributed by atoms with Gasteiger partial charge in [-0.1, -0.05) is 11.8 Å². The van der Waals surface area contributed by atoms with Crippen molar-refractivity contribution in [1.29, 1.82) is 0 Å². The normalized spacial score (nSPS) is 10.5. The first-order valence-corrected chi connectivity index (χ1v) is 6.40. The van der Waals surface area contributed by atoms with Gasteiger partial charge in [-0.3, -0.25) is 4.79 Å². The molecule has 1 rings (SSSR count). The van der Waals surface area contributed by atoms with Gasteiger partial charge in [0.15, 0.2) is 0 Å². The molecule has 9 heteroatoms. The lowest BCUT2D eigenvalue weighted by molar-refractivity contribution is -0.391. The minimum absolute atomic E-state index is 0.0921. The standard InChI is InChI=1S/C8H11N3O4S2/c1-3-15-17-8(12)16-5-6-9-4-7(10(6)2)11(13)14/h4H,3,5H2,1-2H3. The Morgan fingerprint density at radius 3 is 2.94 bits per heavy atom. The molecule has 0 radical (unpaired) electrons. The van der Waals surface area contributed by atoms with Crippen molar-refractivity contribution in [3.63, 3.8) is 0 Å². The number of nitrogens with zero attached hydrogens (tertiary/aromatic N) is 3. The van der Waals surface area contributed by atoms with Crippen LogP contribution in [0.4, 0.5) is 10.6 Å². The van der Waals surface area contributed by atoms with Crippen LogP contribution in [0.1, 0.15) is 12.7 Å². The molecule has 0 aliphatic heterocycles. The summed E-state index contributed by atoms with van der Waals surface area (Å²) >= 11 is 1.77. The molecule has 17 heavy (non-hydrogen) atoms. The van der Waals surface area contributed by atoms with Gasteiger partial charge in [0.05, 0.1) is 31.5 Å². The third kappa shape index (κ3) is 4.02. The van der Waals surface area contributed by atoms with Crippen molar-refractivity contribution in [3.05, 3.63) is 22.1 Å². The average Bonchev–Trinajstić information content (AvgIpc) is 2.65. The first-order chi connectivity index (χ1) is 8.06. The third-order valence-electron chi connectivity index (χ3n) is 1.81. The summed E-state index contributed by atoms with van der Waals surface area (Å²) in [5.41, 5.74) is 0. The van der Waals surface area contributed by atoms with E-state index in [4.69, 9.17) is 4.18 Å². The smallest absolute Gasteiger partial charge is 0.342 e. The van der Waals surface area contributed by atoms with Gasteiger partial charge in [0.2, 0.25) is 5.82 Å². The summed E-state index contributed by atoms with van der Waals surface area (Å²) in [6.45, 7) is 2.23. The summed E-state index contributed by atoms with van der Waals surface area (Å²) in [5, 5.41) is 10.6. The van der Waals surface area contributed by atoms with Crippen molar-refractivity contribution in [1.82, 2.24) is 9.55 Å². The summed E-state index contributed by atoms with van der Waals surface area (Å²) in [6.07, 6.45) is 1.18. The molecule has 1 aromatic rings. The van der Waals surface area contributed by atoms with Gasteiger partial charge in [0, 0.05) is 0 Å². The molecule has 0 saturated heterocycles.